The fraction of sp³-hybridized carbons (Fsp3) is 0.375. The molecule has 3 N–H and O–H groups in total. The fourth-order valence-electron chi connectivity index (χ4n) is 0.912. The van der Waals surface area contributed by atoms with Crippen LogP contribution in [0, 0.1) is 3.70 Å². The number of aromatic nitrogens is 1. The zero-order valence-electron chi connectivity index (χ0n) is 6.57. The molecule has 66 valence electrons. The Morgan fingerprint density at radius 1 is 1.58 bits per heavy atom. The molecule has 0 fully saturated rings. The summed E-state index contributed by atoms with van der Waals surface area (Å²) in [5, 5.41) is 8.65. The molecule has 1 aromatic rings. The van der Waals surface area contributed by atoms with Crippen molar-refractivity contribution in [2.45, 2.75) is 12.5 Å². The monoisotopic (exact) mass is 278 g/mol. The van der Waals surface area contributed by atoms with Gasteiger partial charge in [0.25, 0.3) is 0 Å². The second-order valence-electron chi connectivity index (χ2n) is 2.53. The third kappa shape index (κ3) is 2.69. The number of rotatable bonds is 3. The molecule has 0 bridgehead atoms. The van der Waals surface area contributed by atoms with Crippen molar-refractivity contribution < 1.29 is 5.11 Å². The molecule has 0 spiro atoms. The van der Waals surface area contributed by atoms with Gasteiger partial charge in [-0.05, 0) is 40.6 Å². The Labute approximate surface area is 85.1 Å². The number of nitrogens with two attached hydrogens (primary N) is 1. The van der Waals surface area contributed by atoms with Crippen molar-refractivity contribution in [2.24, 2.45) is 5.73 Å². The predicted octanol–water partition coefficient (Wildman–Crippen LogP) is 1.07. The van der Waals surface area contributed by atoms with Gasteiger partial charge in [0.15, 0.2) is 0 Å². The highest BCUT2D eigenvalue weighted by Crippen LogP contribution is 2.12. The molecule has 1 aromatic heterocycles. The van der Waals surface area contributed by atoms with Crippen LogP contribution in [0.15, 0.2) is 18.3 Å². The van der Waals surface area contributed by atoms with Crippen molar-refractivity contribution in [2.75, 3.05) is 6.61 Å². The van der Waals surface area contributed by atoms with E-state index in [1.807, 2.05) is 12.1 Å². The van der Waals surface area contributed by atoms with Gasteiger partial charge in [0.05, 0.1) is 0 Å². The maximum Gasteiger partial charge on any atom is 0.101 e. The largest absolute Gasteiger partial charge is 0.396 e. The Kier molecular flexibility index (Phi) is 3.90. The first kappa shape index (κ1) is 9.88. The van der Waals surface area contributed by atoms with Crippen LogP contribution in [-0.2, 0) is 0 Å². The SMILES string of the molecule is N[C@@H](CCO)c1ccc(I)nc1. The van der Waals surface area contributed by atoms with Crippen molar-refractivity contribution in [3.05, 3.63) is 27.6 Å². The summed E-state index contributed by atoms with van der Waals surface area (Å²) in [6, 6.07) is 3.75. The number of nitrogens with zero attached hydrogens (tertiary/aromatic N) is 1. The van der Waals surface area contributed by atoms with Crippen molar-refractivity contribution in [1.29, 1.82) is 0 Å². The molecule has 0 saturated heterocycles. The number of hydrogen-bond acceptors (Lipinski definition) is 3. The van der Waals surface area contributed by atoms with E-state index in [1.165, 1.54) is 0 Å². The van der Waals surface area contributed by atoms with Gasteiger partial charge in [0.1, 0.15) is 3.70 Å². The van der Waals surface area contributed by atoms with E-state index in [0.29, 0.717) is 6.42 Å². The van der Waals surface area contributed by atoms with Gasteiger partial charge in [0.2, 0.25) is 0 Å². The van der Waals surface area contributed by atoms with Crippen molar-refractivity contribution >= 4 is 22.6 Å². The molecule has 0 saturated carbocycles. The van der Waals surface area contributed by atoms with Gasteiger partial charge < -0.3 is 10.8 Å². The van der Waals surface area contributed by atoms with E-state index >= 15 is 0 Å². The third-order valence-corrected chi connectivity index (χ3v) is 2.26. The lowest BCUT2D eigenvalue weighted by molar-refractivity contribution is 0.276. The van der Waals surface area contributed by atoms with Crippen LogP contribution in [0.4, 0.5) is 0 Å². The number of aliphatic hydroxyl groups is 1. The summed E-state index contributed by atoms with van der Waals surface area (Å²) in [6.45, 7) is 0.118. The molecule has 3 nitrogen and oxygen atoms in total. The second-order valence-corrected chi connectivity index (χ2v) is 3.64. The summed E-state index contributed by atoms with van der Waals surface area (Å²) in [7, 11) is 0. The van der Waals surface area contributed by atoms with E-state index in [1.54, 1.807) is 6.20 Å². The van der Waals surface area contributed by atoms with Gasteiger partial charge in [-0.15, -0.1) is 0 Å². The highest BCUT2D eigenvalue weighted by atomic mass is 127. The molecular weight excluding hydrogens is 267 g/mol. The molecular formula is C8H11IN2O. The molecule has 0 aliphatic heterocycles. The van der Waals surface area contributed by atoms with E-state index in [9.17, 15) is 0 Å². The minimum Gasteiger partial charge on any atom is -0.396 e. The van der Waals surface area contributed by atoms with Crippen LogP contribution in [0.2, 0.25) is 0 Å². The quantitative estimate of drug-likeness (QED) is 0.642. The molecule has 4 heteroatoms. The molecule has 12 heavy (non-hydrogen) atoms. The molecule has 0 aromatic carbocycles. The zero-order valence-corrected chi connectivity index (χ0v) is 8.73. The second kappa shape index (κ2) is 4.74. The minimum atomic E-state index is -0.0977. The van der Waals surface area contributed by atoms with Crippen molar-refractivity contribution in [1.82, 2.24) is 4.98 Å². The summed E-state index contributed by atoms with van der Waals surface area (Å²) in [4.78, 5) is 4.11. The number of aliphatic hydroxyl groups excluding tert-OH is 1. The average molecular weight is 278 g/mol. The predicted molar refractivity (Wildman–Crippen MR) is 55.6 cm³/mol. The standard InChI is InChI=1S/C8H11IN2O/c9-8-2-1-6(5-11-8)7(10)3-4-12/h1-2,5,7,12H,3-4,10H2/t7-/m0/s1. The summed E-state index contributed by atoms with van der Waals surface area (Å²) in [5.41, 5.74) is 6.73. The molecule has 0 radical (unpaired) electrons. The Hall–Kier alpha value is -0.200. The van der Waals surface area contributed by atoms with Crippen LogP contribution in [0.25, 0.3) is 0 Å². The lowest BCUT2D eigenvalue weighted by Gasteiger charge is -2.08. The van der Waals surface area contributed by atoms with Crippen LogP contribution >= 0.6 is 22.6 Å². The van der Waals surface area contributed by atoms with E-state index in [4.69, 9.17) is 10.8 Å². The summed E-state index contributed by atoms with van der Waals surface area (Å²) >= 11 is 2.14. The van der Waals surface area contributed by atoms with Gasteiger partial charge in [-0.1, -0.05) is 6.07 Å². The molecule has 0 amide bonds. The van der Waals surface area contributed by atoms with Crippen LogP contribution in [0.1, 0.15) is 18.0 Å². The summed E-state index contributed by atoms with van der Waals surface area (Å²) in [5.74, 6) is 0. The Bertz CT molecular complexity index is 237. The first-order chi connectivity index (χ1) is 5.74. The highest BCUT2D eigenvalue weighted by Gasteiger charge is 2.04. The van der Waals surface area contributed by atoms with E-state index < -0.39 is 0 Å². The van der Waals surface area contributed by atoms with Crippen LogP contribution in [0.5, 0.6) is 0 Å². The maximum absolute atomic E-state index is 8.65. The van der Waals surface area contributed by atoms with Crippen LogP contribution in [-0.4, -0.2) is 16.7 Å². The lowest BCUT2D eigenvalue weighted by Crippen LogP contribution is -2.12. The Morgan fingerprint density at radius 3 is 2.83 bits per heavy atom. The van der Waals surface area contributed by atoms with E-state index in [-0.39, 0.29) is 12.6 Å². The average Bonchev–Trinajstić information content (AvgIpc) is 2.06. The molecule has 1 rings (SSSR count). The Balaban J connectivity index is 2.68. The van der Waals surface area contributed by atoms with Crippen LogP contribution in [0.3, 0.4) is 0 Å². The molecule has 0 unspecified atom stereocenters. The highest BCUT2D eigenvalue weighted by molar-refractivity contribution is 14.1. The number of pyridine rings is 1. The van der Waals surface area contributed by atoms with E-state index in [2.05, 4.69) is 27.6 Å². The first-order valence-electron chi connectivity index (χ1n) is 3.72. The van der Waals surface area contributed by atoms with Crippen molar-refractivity contribution in [3.8, 4) is 0 Å². The smallest absolute Gasteiger partial charge is 0.101 e. The number of halogens is 1. The maximum atomic E-state index is 8.65. The third-order valence-electron chi connectivity index (χ3n) is 1.62. The summed E-state index contributed by atoms with van der Waals surface area (Å²) in [6.07, 6.45) is 2.34. The molecule has 1 heterocycles. The topological polar surface area (TPSA) is 59.1 Å². The zero-order chi connectivity index (χ0) is 8.97. The van der Waals surface area contributed by atoms with Gasteiger partial charge in [-0.2, -0.15) is 0 Å². The minimum absolute atomic E-state index is 0.0977. The summed E-state index contributed by atoms with van der Waals surface area (Å²) < 4.78 is 0.951. The van der Waals surface area contributed by atoms with Gasteiger partial charge in [-0.3, -0.25) is 0 Å². The molecule has 0 aliphatic rings. The van der Waals surface area contributed by atoms with Crippen LogP contribution < -0.4 is 5.73 Å². The lowest BCUT2D eigenvalue weighted by atomic mass is 10.1. The van der Waals surface area contributed by atoms with E-state index in [0.717, 1.165) is 9.26 Å². The molecule has 0 aliphatic carbocycles. The molecule has 1 atom stereocenters. The first-order valence-corrected chi connectivity index (χ1v) is 4.80. The van der Waals surface area contributed by atoms with Gasteiger partial charge in [-0.25, -0.2) is 4.98 Å². The fourth-order valence-corrected chi connectivity index (χ4v) is 1.23. The number of hydrogen-bond donors (Lipinski definition) is 2. The normalized spacial score (nSPS) is 12.9. The van der Waals surface area contributed by atoms with Gasteiger partial charge in [0, 0.05) is 18.8 Å². The van der Waals surface area contributed by atoms with Gasteiger partial charge >= 0.3 is 0 Å². The van der Waals surface area contributed by atoms with Crippen molar-refractivity contribution in [3.63, 3.8) is 0 Å². The Morgan fingerprint density at radius 2 is 2.33 bits per heavy atom.